The Kier molecular flexibility index (Phi) is 7.34. The van der Waals surface area contributed by atoms with E-state index in [1.54, 1.807) is 6.07 Å². The molecule has 0 saturated carbocycles. The van der Waals surface area contributed by atoms with Gasteiger partial charge in [0, 0.05) is 5.56 Å². The van der Waals surface area contributed by atoms with Crippen LogP contribution in [0.25, 0.3) is 10.8 Å². The van der Waals surface area contributed by atoms with Crippen molar-refractivity contribution in [3.63, 3.8) is 0 Å². The number of benzene rings is 2. The summed E-state index contributed by atoms with van der Waals surface area (Å²) in [5, 5.41) is 2.05. The second-order valence-electron chi connectivity index (χ2n) is 6.82. The van der Waals surface area contributed by atoms with E-state index < -0.39 is 5.97 Å². The van der Waals surface area contributed by atoms with Gasteiger partial charge in [-0.25, -0.2) is 0 Å². The summed E-state index contributed by atoms with van der Waals surface area (Å²) in [5.41, 5.74) is 1.83. The van der Waals surface area contributed by atoms with Gasteiger partial charge >= 0.3 is 5.97 Å². The van der Waals surface area contributed by atoms with Crippen LogP contribution in [0.1, 0.15) is 50.4 Å². The van der Waals surface area contributed by atoms with Crippen LogP contribution in [0.2, 0.25) is 0 Å². The van der Waals surface area contributed by atoms with Crippen LogP contribution in [0.5, 0.6) is 0 Å². The fraction of sp³-hybridized carbons (Fsp3) is 0.304. The van der Waals surface area contributed by atoms with Crippen molar-refractivity contribution in [1.82, 2.24) is 0 Å². The molecule has 3 heteroatoms. The minimum Gasteiger partial charge on any atom is -0.434 e. The third kappa shape index (κ3) is 6.32. The van der Waals surface area contributed by atoms with Gasteiger partial charge in [0.05, 0.1) is 6.26 Å². The Hall–Kier alpha value is -2.68. The van der Waals surface area contributed by atoms with Gasteiger partial charge in [0.15, 0.2) is 5.78 Å². The lowest BCUT2D eigenvalue weighted by Crippen LogP contribution is -2.09. The van der Waals surface area contributed by atoms with Gasteiger partial charge in [0.25, 0.3) is 0 Å². The highest BCUT2D eigenvalue weighted by molar-refractivity contribution is 6.07. The molecule has 0 N–H and O–H groups in total. The zero-order valence-corrected chi connectivity index (χ0v) is 15.7. The normalized spacial score (nSPS) is 12.1. The van der Waals surface area contributed by atoms with Gasteiger partial charge < -0.3 is 4.74 Å². The van der Waals surface area contributed by atoms with Crippen molar-refractivity contribution in [3.05, 3.63) is 72.0 Å². The number of Topliss-reactive ketones (excluding diaryl/α,β-unsaturated/α-hetero) is 1. The maximum Gasteiger partial charge on any atom is 0.318 e. The first kappa shape index (κ1) is 19.6. The molecular weight excluding hydrogens is 324 g/mol. The third-order valence-electron chi connectivity index (χ3n) is 4.16. The molecule has 2 rings (SSSR count). The molecule has 2 aromatic rings. The second kappa shape index (κ2) is 9.71. The second-order valence-corrected chi connectivity index (χ2v) is 6.82. The molecular formula is C23H26O3. The number of esters is 1. The maximum atomic E-state index is 12.3. The van der Waals surface area contributed by atoms with E-state index in [1.165, 1.54) is 11.8 Å². The molecule has 136 valence electrons. The quantitative estimate of drug-likeness (QED) is 0.197. The maximum absolute atomic E-state index is 12.3. The molecule has 0 saturated heterocycles. The van der Waals surface area contributed by atoms with Gasteiger partial charge in [-0.1, -0.05) is 55.0 Å². The van der Waals surface area contributed by atoms with Crippen molar-refractivity contribution in [2.75, 3.05) is 0 Å². The lowest BCUT2D eigenvalue weighted by molar-refractivity contribution is -0.136. The number of hydrogen-bond donors (Lipinski definition) is 0. The van der Waals surface area contributed by atoms with E-state index in [4.69, 9.17) is 4.74 Å². The summed E-state index contributed by atoms with van der Waals surface area (Å²) < 4.78 is 5.06. The van der Waals surface area contributed by atoms with Crippen molar-refractivity contribution >= 4 is 22.5 Å². The first-order valence-electron chi connectivity index (χ1n) is 8.97. The van der Waals surface area contributed by atoms with Crippen LogP contribution in [0.15, 0.2) is 66.5 Å². The largest absolute Gasteiger partial charge is 0.434 e. The highest BCUT2D eigenvalue weighted by Gasteiger charge is 2.13. The van der Waals surface area contributed by atoms with Crippen molar-refractivity contribution in [3.8, 4) is 0 Å². The molecule has 0 aliphatic heterocycles. The summed E-state index contributed by atoms with van der Waals surface area (Å²) in [6.07, 6.45) is 7.20. The molecule has 0 spiro atoms. The van der Waals surface area contributed by atoms with Crippen LogP contribution in [0.4, 0.5) is 0 Å². The number of ketones is 1. The minimum absolute atomic E-state index is 0.231. The Balaban J connectivity index is 1.83. The van der Waals surface area contributed by atoms with Gasteiger partial charge in [-0.15, -0.1) is 0 Å². The van der Waals surface area contributed by atoms with Crippen molar-refractivity contribution < 1.29 is 14.3 Å². The van der Waals surface area contributed by atoms with Gasteiger partial charge in [-0.3, -0.25) is 9.59 Å². The van der Waals surface area contributed by atoms with E-state index in [0.717, 1.165) is 23.6 Å². The van der Waals surface area contributed by atoms with Crippen LogP contribution >= 0.6 is 0 Å². The highest BCUT2D eigenvalue weighted by atomic mass is 16.5. The van der Waals surface area contributed by atoms with Crippen LogP contribution in [-0.4, -0.2) is 11.8 Å². The Bertz CT molecular complexity index is 826. The zero-order valence-electron chi connectivity index (χ0n) is 15.7. The lowest BCUT2D eigenvalue weighted by atomic mass is 10.0. The summed E-state index contributed by atoms with van der Waals surface area (Å²) in [6.45, 7) is 6.23. The smallest absolute Gasteiger partial charge is 0.318 e. The predicted octanol–water partition coefficient (Wildman–Crippen LogP) is 5.85. The highest BCUT2D eigenvalue weighted by Crippen LogP contribution is 2.17. The van der Waals surface area contributed by atoms with E-state index in [0.29, 0.717) is 11.5 Å². The molecule has 0 heterocycles. The third-order valence-corrected chi connectivity index (χ3v) is 4.16. The monoisotopic (exact) mass is 350 g/mol. The topological polar surface area (TPSA) is 43.4 Å². The van der Waals surface area contributed by atoms with Gasteiger partial charge in [0.1, 0.15) is 6.42 Å². The molecule has 0 aliphatic rings. The number of ether oxygens (including phenoxy) is 1. The Labute approximate surface area is 155 Å². The fourth-order valence-corrected chi connectivity index (χ4v) is 2.62. The minimum atomic E-state index is -0.532. The van der Waals surface area contributed by atoms with E-state index >= 15 is 0 Å². The molecule has 0 aliphatic carbocycles. The van der Waals surface area contributed by atoms with Crippen LogP contribution in [0.3, 0.4) is 0 Å². The van der Waals surface area contributed by atoms with Gasteiger partial charge in [-0.2, -0.15) is 0 Å². The van der Waals surface area contributed by atoms with E-state index in [9.17, 15) is 9.59 Å². The average Bonchev–Trinajstić information content (AvgIpc) is 2.61. The van der Waals surface area contributed by atoms with Crippen molar-refractivity contribution in [2.45, 2.75) is 40.0 Å². The van der Waals surface area contributed by atoms with E-state index in [1.807, 2.05) is 42.5 Å². The molecule has 0 bridgehead atoms. The molecule has 0 fully saturated rings. The number of carbonyl (C=O) groups is 2. The molecule has 0 radical (unpaired) electrons. The molecule has 1 unspecified atom stereocenters. The number of carbonyl (C=O) groups excluding carboxylic acids is 2. The Morgan fingerprint density at radius 1 is 1.08 bits per heavy atom. The molecule has 0 amide bonds. The van der Waals surface area contributed by atoms with Crippen molar-refractivity contribution in [2.24, 2.45) is 5.92 Å². The lowest BCUT2D eigenvalue weighted by Gasteiger charge is -2.05. The standard InChI is InChI=1S/C23H26O3/c1-17(2)7-6-8-18(3)13-14-26-23(25)16-22(24)21-12-11-19-9-4-5-10-20(19)15-21/h4-5,7,9-15,18H,6,8,16H2,1-3H3/b14-13+. The number of fused-ring (bicyclic) bond motifs is 1. The average molecular weight is 350 g/mol. The molecule has 26 heavy (non-hydrogen) atoms. The van der Waals surface area contributed by atoms with Gasteiger partial charge in [-0.05, 0) is 55.5 Å². The number of allylic oxidation sites excluding steroid dienone is 3. The zero-order chi connectivity index (χ0) is 18.9. The summed E-state index contributed by atoms with van der Waals surface area (Å²) in [5.74, 6) is -0.448. The summed E-state index contributed by atoms with van der Waals surface area (Å²) >= 11 is 0. The first-order chi connectivity index (χ1) is 12.5. The number of rotatable bonds is 8. The SMILES string of the molecule is CC(C)=CCCC(C)/C=C/OC(=O)CC(=O)c1ccc2ccccc2c1. The van der Waals surface area contributed by atoms with E-state index in [-0.39, 0.29) is 12.2 Å². The van der Waals surface area contributed by atoms with E-state index in [2.05, 4.69) is 26.8 Å². The summed E-state index contributed by atoms with van der Waals surface area (Å²) in [6, 6.07) is 13.3. The van der Waals surface area contributed by atoms with Crippen LogP contribution in [0, 0.1) is 5.92 Å². The molecule has 2 aromatic carbocycles. The molecule has 0 aromatic heterocycles. The first-order valence-corrected chi connectivity index (χ1v) is 8.97. The Morgan fingerprint density at radius 3 is 2.54 bits per heavy atom. The summed E-state index contributed by atoms with van der Waals surface area (Å²) in [4.78, 5) is 24.1. The molecule has 3 nitrogen and oxygen atoms in total. The van der Waals surface area contributed by atoms with Crippen LogP contribution < -0.4 is 0 Å². The van der Waals surface area contributed by atoms with Crippen LogP contribution in [-0.2, 0) is 9.53 Å². The molecule has 1 atom stereocenters. The number of hydrogen-bond acceptors (Lipinski definition) is 3. The van der Waals surface area contributed by atoms with Gasteiger partial charge in [0.2, 0.25) is 0 Å². The fourth-order valence-electron chi connectivity index (χ4n) is 2.62. The predicted molar refractivity (Wildman–Crippen MR) is 106 cm³/mol. The van der Waals surface area contributed by atoms with Crippen molar-refractivity contribution in [1.29, 1.82) is 0 Å². The Morgan fingerprint density at radius 2 is 1.81 bits per heavy atom. The summed E-state index contributed by atoms with van der Waals surface area (Å²) in [7, 11) is 0.